The second kappa shape index (κ2) is 11.3. The molecule has 0 radical (unpaired) electrons. The Morgan fingerprint density at radius 1 is 0.900 bits per heavy atom. The van der Waals surface area contributed by atoms with E-state index in [1.807, 2.05) is 48.5 Å². The minimum Gasteiger partial charge on any atom is -0.489 e. The van der Waals surface area contributed by atoms with Crippen LogP contribution in [0, 0.1) is 0 Å². The highest BCUT2D eigenvalue weighted by Crippen LogP contribution is 2.16. The summed E-state index contributed by atoms with van der Waals surface area (Å²) in [6.45, 7) is 1.97. The van der Waals surface area contributed by atoms with Crippen molar-refractivity contribution in [2.75, 3.05) is 6.54 Å². The first kappa shape index (κ1) is 24.2. The average molecular weight is 467 g/mol. The molecule has 0 bridgehead atoms. The number of benzene rings is 3. The van der Waals surface area contributed by atoms with Crippen molar-refractivity contribution in [1.82, 2.24) is 5.32 Å². The molecule has 0 aromatic heterocycles. The quantitative estimate of drug-likeness (QED) is 0.460. The molecule has 3 aromatic carbocycles. The summed E-state index contributed by atoms with van der Waals surface area (Å²) in [5.41, 5.74) is 3.24. The summed E-state index contributed by atoms with van der Waals surface area (Å²) < 4.78 is 28.4. The van der Waals surface area contributed by atoms with Gasteiger partial charge in [0.1, 0.15) is 12.4 Å². The average Bonchev–Trinajstić information content (AvgIpc) is 2.71. The van der Waals surface area contributed by atoms with Crippen molar-refractivity contribution in [2.24, 2.45) is 5.14 Å². The maximum absolute atomic E-state index is 11.3. The number of sulfonamides is 1. The molecule has 0 saturated heterocycles. The van der Waals surface area contributed by atoms with E-state index in [0.29, 0.717) is 18.2 Å². The number of primary sulfonamides is 1. The van der Waals surface area contributed by atoms with Crippen molar-refractivity contribution in [3.63, 3.8) is 0 Å². The van der Waals surface area contributed by atoms with Gasteiger partial charge in [-0.25, -0.2) is 13.6 Å². The van der Waals surface area contributed by atoms with E-state index in [9.17, 15) is 8.42 Å². The van der Waals surface area contributed by atoms with Gasteiger partial charge in [0.15, 0.2) is 0 Å². The van der Waals surface area contributed by atoms with Gasteiger partial charge in [0.2, 0.25) is 10.0 Å². The summed E-state index contributed by atoms with van der Waals surface area (Å²) in [5, 5.41) is 9.21. The van der Waals surface area contributed by atoms with Gasteiger partial charge in [-0.15, -0.1) is 12.4 Å². The van der Waals surface area contributed by atoms with Crippen LogP contribution in [0.15, 0.2) is 77.7 Å². The largest absolute Gasteiger partial charge is 0.489 e. The maximum atomic E-state index is 11.3. The predicted molar refractivity (Wildman–Crippen MR) is 123 cm³/mol. The first-order valence-electron chi connectivity index (χ1n) is 9.19. The highest BCUT2D eigenvalue weighted by atomic mass is 35.5. The van der Waals surface area contributed by atoms with Crippen molar-refractivity contribution >= 4 is 34.0 Å². The monoisotopic (exact) mass is 466 g/mol. The molecule has 160 valence electrons. The topological polar surface area (TPSA) is 81.4 Å². The van der Waals surface area contributed by atoms with Crippen LogP contribution < -0.4 is 15.2 Å². The van der Waals surface area contributed by atoms with Gasteiger partial charge in [0.05, 0.1) is 4.90 Å². The highest BCUT2D eigenvalue weighted by Gasteiger charge is 2.06. The number of halogens is 2. The second-order valence-electron chi connectivity index (χ2n) is 6.68. The molecule has 0 spiro atoms. The number of hydrogen-bond acceptors (Lipinski definition) is 4. The molecule has 0 fully saturated rings. The molecule has 3 rings (SSSR count). The molecule has 0 atom stereocenters. The Bertz CT molecular complexity index is 1040. The zero-order chi connectivity index (χ0) is 20.7. The van der Waals surface area contributed by atoms with Crippen LogP contribution in [0.2, 0.25) is 5.02 Å². The normalized spacial score (nSPS) is 11.0. The summed E-state index contributed by atoms with van der Waals surface area (Å²) in [6, 6.07) is 22.2. The van der Waals surface area contributed by atoms with Gasteiger partial charge in [0.25, 0.3) is 0 Å². The second-order valence-corrected chi connectivity index (χ2v) is 8.68. The van der Waals surface area contributed by atoms with Gasteiger partial charge in [-0.05, 0) is 66.1 Å². The van der Waals surface area contributed by atoms with Crippen LogP contribution in [0.3, 0.4) is 0 Å². The standard InChI is InChI=1S/C22H23ClN2O3S.ClH/c23-20-8-4-18(5-9-20)16-28-21-3-1-2-19(14-21)15-25-13-12-17-6-10-22(11-7-17)29(24,26)27;/h1-11,14,25H,12-13,15-16H2,(H2,24,26,27);1H. The zero-order valence-corrected chi connectivity index (χ0v) is 18.6. The van der Waals surface area contributed by atoms with Crippen molar-refractivity contribution in [3.05, 3.63) is 94.5 Å². The molecule has 0 heterocycles. The Morgan fingerprint density at radius 2 is 1.57 bits per heavy atom. The molecule has 0 aliphatic heterocycles. The molecule has 0 aliphatic carbocycles. The van der Waals surface area contributed by atoms with Crippen LogP contribution >= 0.6 is 24.0 Å². The van der Waals surface area contributed by atoms with Crippen molar-refractivity contribution in [2.45, 2.75) is 24.5 Å². The van der Waals surface area contributed by atoms with Crippen LogP contribution in [0.1, 0.15) is 16.7 Å². The van der Waals surface area contributed by atoms with Crippen LogP contribution in [-0.4, -0.2) is 15.0 Å². The van der Waals surface area contributed by atoms with Crippen molar-refractivity contribution in [1.29, 1.82) is 0 Å². The van der Waals surface area contributed by atoms with E-state index in [4.69, 9.17) is 21.5 Å². The van der Waals surface area contributed by atoms with E-state index < -0.39 is 10.0 Å². The van der Waals surface area contributed by atoms with Crippen LogP contribution in [0.4, 0.5) is 0 Å². The van der Waals surface area contributed by atoms with E-state index >= 15 is 0 Å². The number of nitrogens with two attached hydrogens (primary N) is 1. The Morgan fingerprint density at radius 3 is 2.23 bits per heavy atom. The number of ether oxygens (including phenoxy) is 1. The summed E-state index contributed by atoms with van der Waals surface area (Å²) in [7, 11) is -3.64. The molecular formula is C22H24Cl2N2O3S. The highest BCUT2D eigenvalue weighted by molar-refractivity contribution is 7.89. The SMILES string of the molecule is Cl.NS(=O)(=O)c1ccc(CCNCc2cccc(OCc3ccc(Cl)cc3)c2)cc1. The van der Waals surface area contributed by atoms with Crippen LogP contribution in [-0.2, 0) is 29.6 Å². The fourth-order valence-corrected chi connectivity index (χ4v) is 3.45. The van der Waals surface area contributed by atoms with E-state index in [1.54, 1.807) is 12.1 Å². The number of hydrogen-bond donors (Lipinski definition) is 2. The fourth-order valence-electron chi connectivity index (χ4n) is 2.80. The Labute approximate surface area is 188 Å². The van der Waals surface area contributed by atoms with Crippen LogP contribution in [0.5, 0.6) is 5.75 Å². The van der Waals surface area contributed by atoms with Crippen molar-refractivity contribution < 1.29 is 13.2 Å². The number of nitrogens with one attached hydrogen (secondary N) is 1. The van der Waals surface area contributed by atoms with Gasteiger partial charge in [-0.3, -0.25) is 0 Å². The third-order valence-corrected chi connectivity index (χ3v) is 5.57. The van der Waals surface area contributed by atoms with Gasteiger partial charge >= 0.3 is 0 Å². The molecule has 3 N–H and O–H groups in total. The fraction of sp³-hybridized carbons (Fsp3) is 0.182. The summed E-state index contributed by atoms with van der Waals surface area (Å²) in [5.74, 6) is 0.817. The lowest BCUT2D eigenvalue weighted by atomic mass is 10.1. The number of rotatable bonds is 9. The van der Waals surface area contributed by atoms with Gasteiger partial charge in [-0.2, -0.15) is 0 Å². The molecule has 8 heteroatoms. The zero-order valence-electron chi connectivity index (χ0n) is 16.3. The van der Waals surface area contributed by atoms with E-state index in [1.165, 1.54) is 12.1 Å². The van der Waals surface area contributed by atoms with Gasteiger partial charge in [0, 0.05) is 11.6 Å². The predicted octanol–water partition coefficient (Wildman–Crippen LogP) is 4.32. The van der Waals surface area contributed by atoms with Crippen molar-refractivity contribution in [3.8, 4) is 5.75 Å². The molecule has 0 aliphatic rings. The summed E-state index contributed by atoms with van der Waals surface area (Å²) >= 11 is 5.90. The van der Waals surface area contributed by atoms with Gasteiger partial charge < -0.3 is 10.1 Å². The lowest BCUT2D eigenvalue weighted by Crippen LogP contribution is -2.17. The van der Waals surface area contributed by atoms with E-state index in [2.05, 4.69) is 5.32 Å². The molecule has 0 amide bonds. The Kier molecular flexibility index (Phi) is 9.14. The first-order valence-corrected chi connectivity index (χ1v) is 11.1. The smallest absolute Gasteiger partial charge is 0.238 e. The first-order chi connectivity index (χ1) is 13.9. The third kappa shape index (κ3) is 7.63. The summed E-state index contributed by atoms with van der Waals surface area (Å²) in [4.78, 5) is 0.129. The van der Waals surface area contributed by atoms with E-state index in [0.717, 1.165) is 35.4 Å². The molecule has 0 saturated carbocycles. The lowest BCUT2D eigenvalue weighted by Gasteiger charge is -2.09. The van der Waals surface area contributed by atoms with E-state index in [-0.39, 0.29) is 17.3 Å². The Hall–Kier alpha value is -2.09. The molecule has 30 heavy (non-hydrogen) atoms. The van der Waals surface area contributed by atoms with Crippen LogP contribution in [0.25, 0.3) is 0 Å². The Balaban J connectivity index is 0.00000320. The maximum Gasteiger partial charge on any atom is 0.238 e. The minimum atomic E-state index is -3.64. The molecule has 5 nitrogen and oxygen atoms in total. The molecule has 0 unspecified atom stereocenters. The third-order valence-electron chi connectivity index (χ3n) is 4.39. The van der Waals surface area contributed by atoms with Gasteiger partial charge in [-0.1, -0.05) is 48.0 Å². The molecule has 3 aromatic rings. The lowest BCUT2D eigenvalue weighted by molar-refractivity contribution is 0.306. The minimum absolute atomic E-state index is 0. The summed E-state index contributed by atoms with van der Waals surface area (Å²) in [6.07, 6.45) is 0.789. The molecular weight excluding hydrogens is 443 g/mol.